The first kappa shape index (κ1) is 26.4. The van der Waals surface area contributed by atoms with Crippen LogP contribution in [0.25, 0.3) is 0 Å². The Morgan fingerprint density at radius 3 is 1.78 bits per heavy atom. The molecule has 0 bridgehead atoms. The fourth-order valence-corrected chi connectivity index (χ4v) is 2.50. The summed E-state index contributed by atoms with van der Waals surface area (Å²) in [6, 6.07) is 0. The smallest absolute Gasteiger partial charge is 0.305 e. The summed E-state index contributed by atoms with van der Waals surface area (Å²) >= 11 is 0. The zero-order valence-corrected chi connectivity index (χ0v) is 18.1. The topological polar surface area (TPSA) is 54.0 Å². The molecule has 5 heteroatoms. The Bertz CT molecular complexity index is 307. The summed E-state index contributed by atoms with van der Waals surface area (Å²) in [5.74, 6) is 0.431. The lowest BCUT2D eigenvalue weighted by atomic mass is 10.1. The molecular weight excluding hydrogens is 344 g/mol. The van der Waals surface area contributed by atoms with Gasteiger partial charge in [0.2, 0.25) is 0 Å². The van der Waals surface area contributed by atoms with E-state index in [4.69, 9.17) is 18.9 Å². The number of esters is 1. The third-order valence-corrected chi connectivity index (χ3v) is 4.26. The van der Waals surface area contributed by atoms with E-state index in [1.165, 1.54) is 38.5 Å². The quantitative estimate of drug-likeness (QED) is 0.201. The zero-order chi connectivity index (χ0) is 20.0. The van der Waals surface area contributed by atoms with Gasteiger partial charge in [0.15, 0.2) is 0 Å². The SMILES string of the molecule is CCCCCCCCCOCCOCCOCCCC(=O)OCCC(C)C. The van der Waals surface area contributed by atoms with Crippen molar-refractivity contribution >= 4 is 5.97 Å². The highest BCUT2D eigenvalue weighted by Crippen LogP contribution is 2.06. The molecule has 162 valence electrons. The molecule has 0 aromatic heterocycles. The Labute approximate surface area is 167 Å². The van der Waals surface area contributed by atoms with Crippen molar-refractivity contribution in [3.05, 3.63) is 0 Å². The number of hydrogen-bond donors (Lipinski definition) is 0. The maximum absolute atomic E-state index is 11.5. The summed E-state index contributed by atoms with van der Waals surface area (Å²) in [6.07, 6.45) is 11.2. The lowest BCUT2D eigenvalue weighted by Gasteiger charge is -2.08. The third-order valence-electron chi connectivity index (χ3n) is 4.26. The number of hydrogen-bond acceptors (Lipinski definition) is 5. The maximum Gasteiger partial charge on any atom is 0.305 e. The molecule has 0 saturated heterocycles. The van der Waals surface area contributed by atoms with Crippen LogP contribution in [0.2, 0.25) is 0 Å². The Morgan fingerprint density at radius 1 is 0.667 bits per heavy atom. The standard InChI is InChI=1S/C22H44O5/c1-4-5-6-7-8-9-10-14-24-17-19-26-20-18-25-15-11-12-22(23)27-16-13-21(2)3/h21H,4-20H2,1-3H3. The van der Waals surface area contributed by atoms with E-state index >= 15 is 0 Å². The molecule has 0 spiro atoms. The summed E-state index contributed by atoms with van der Waals surface area (Å²) < 4.78 is 21.6. The minimum Gasteiger partial charge on any atom is -0.466 e. The van der Waals surface area contributed by atoms with E-state index in [1.54, 1.807) is 0 Å². The maximum atomic E-state index is 11.5. The van der Waals surface area contributed by atoms with Crippen LogP contribution in [0.4, 0.5) is 0 Å². The van der Waals surface area contributed by atoms with Crippen LogP contribution in [-0.2, 0) is 23.7 Å². The lowest BCUT2D eigenvalue weighted by molar-refractivity contribution is -0.144. The molecule has 27 heavy (non-hydrogen) atoms. The molecule has 0 atom stereocenters. The van der Waals surface area contributed by atoms with Gasteiger partial charge in [-0.1, -0.05) is 59.3 Å². The van der Waals surface area contributed by atoms with E-state index in [-0.39, 0.29) is 5.97 Å². The molecule has 0 amide bonds. The monoisotopic (exact) mass is 388 g/mol. The van der Waals surface area contributed by atoms with Crippen LogP contribution >= 0.6 is 0 Å². The lowest BCUT2D eigenvalue weighted by Crippen LogP contribution is -2.11. The Balaban J connectivity index is 3.09. The van der Waals surface area contributed by atoms with E-state index in [1.807, 2.05) is 0 Å². The number of unbranched alkanes of at least 4 members (excludes halogenated alkanes) is 6. The van der Waals surface area contributed by atoms with Crippen LogP contribution in [0.5, 0.6) is 0 Å². The van der Waals surface area contributed by atoms with Crippen LogP contribution in [0.15, 0.2) is 0 Å². The van der Waals surface area contributed by atoms with E-state index in [9.17, 15) is 4.79 Å². The number of carbonyl (C=O) groups excluding carboxylic acids is 1. The van der Waals surface area contributed by atoms with Gasteiger partial charge in [-0.3, -0.25) is 4.79 Å². The van der Waals surface area contributed by atoms with Crippen LogP contribution in [0.1, 0.15) is 85.0 Å². The Kier molecular flexibility index (Phi) is 21.1. The predicted molar refractivity (Wildman–Crippen MR) is 110 cm³/mol. The molecule has 0 aliphatic rings. The molecule has 0 N–H and O–H groups in total. The first-order valence-corrected chi connectivity index (χ1v) is 11.1. The summed E-state index contributed by atoms with van der Waals surface area (Å²) in [7, 11) is 0. The van der Waals surface area contributed by atoms with E-state index in [2.05, 4.69) is 20.8 Å². The summed E-state index contributed by atoms with van der Waals surface area (Å²) in [4.78, 5) is 11.5. The van der Waals surface area contributed by atoms with Gasteiger partial charge in [0, 0.05) is 19.6 Å². The van der Waals surface area contributed by atoms with Gasteiger partial charge in [-0.2, -0.15) is 0 Å². The van der Waals surface area contributed by atoms with E-state index in [0.29, 0.717) is 58.4 Å². The fourth-order valence-electron chi connectivity index (χ4n) is 2.50. The molecule has 0 aromatic carbocycles. The van der Waals surface area contributed by atoms with Gasteiger partial charge in [-0.05, 0) is 25.2 Å². The fraction of sp³-hybridized carbons (Fsp3) is 0.955. The molecule has 0 rings (SSSR count). The van der Waals surface area contributed by atoms with Crippen molar-refractivity contribution in [3.8, 4) is 0 Å². The second-order valence-corrected chi connectivity index (χ2v) is 7.46. The van der Waals surface area contributed by atoms with Crippen molar-refractivity contribution in [2.45, 2.75) is 85.0 Å². The van der Waals surface area contributed by atoms with Crippen LogP contribution in [0, 0.1) is 5.92 Å². The molecule has 0 fully saturated rings. The molecule has 0 aliphatic heterocycles. The van der Waals surface area contributed by atoms with Crippen LogP contribution in [-0.4, -0.2) is 52.2 Å². The molecule has 0 heterocycles. The van der Waals surface area contributed by atoms with Crippen molar-refractivity contribution < 1.29 is 23.7 Å². The first-order chi connectivity index (χ1) is 13.2. The average molecular weight is 389 g/mol. The van der Waals surface area contributed by atoms with Crippen molar-refractivity contribution in [2.75, 3.05) is 46.2 Å². The van der Waals surface area contributed by atoms with E-state index in [0.717, 1.165) is 19.4 Å². The second-order valence-electron chi connectivity index (χ2n) is 7.46. The predicted octanol–water partition coefficient (Wildman–Crippen LogP) is 5.16. The molecular formula is C22H44O5. The highest BCUT2D eigenvalue weighted by atomic mass is 16.5. The van der Waals surface area contributed by atoms with E-state index < -0.39 is 0 Å². The van der Waals surface area contributed by atoms with Crippen molar-refractivity contribution in [3.63, 3.8) is 0 Å². The normalized spacial score (nSPS) is 11.3. The number of carbonyl (C=O) groups is 1. The largest absolute Gasteiger partial charge is 0.466 e. The number of ether oxygens (including phenoxy) is 4. The van der Waals surface area contributed by atoms with Gasteiger partial charge in [0.25, 0.3) is 0 Å². The Hall–Kier alpha value is -0.650. The van der Waals surface area contributed by atoms with Crippen molar-refractivity contribution in [1.82, 2.24) is 0 Å². The highest BCUT2D eigenvalue weighted by Gasteiger charge is 2.03. The zero-order valence-electron chi connectivity index (χ0n) is 18.1. The summed E-state index contributed by atoms with van der Waals surface area (Å²) in [5.41, 5.74) is 0. The highest BCUT2D eigenvalue weighted by molar-refractivity contribution is 5.69. The second kappa shape index (κ2) is 21.6. The Morgan fingerprint density at radius 2 is 1.19 bits per heavy atom. The van der Waals surface area contributed by atoms with Crippen molar-refractivity contribution in [1.29, 1.82) is 0 Å². The molecule has 0 saturated carbocycles. The van der Waals surface area contributed by atoms with Crippen LogP contribution < -0.4 is 0 Å². The molecule has 0 aliphatic carbocycles. The summed E-state index contributed by atoms with van der Waals surface area (Å²) in [6.45, 7) is 10.8. The van der Waals surface area contributed by atoms with Gasteiger partial charge in [0.1, 0.15) is 0 Å². The average Bonchev–Trinajstić information content (AvgIpc) is 2.64. The molecule has 0 radical (unpaired) electrons. The molecule has 5 nitrogen and oxygen atoms in total. The molecule has 0 aromatic rings. The summed E-state index contributed by atoms with van der Waals surface area (Å²) in [5, 5.41) is 0. The van der Waals surface area contributed by atoms with Gasteiger partial charge in [-0.15, -0.1) is 0 Å². The minimum absolute atomic E-state index is 0.131. The van der Waals surface area contributed by atoms with Gasteiger partial charge < -0.3 is 18.9 Å². The minimum atomic E-state index is -0.131. The van der Waals surface area contributed by atoms with Crippen LogP contribution in [0.3, 0.4) is 0 Å². The number of rotatable bonds is 21. The van der Waals surface area contributed by atoms with Gasteiger partial charge in [-0.25, -0.2) is 0 Å². The van der Waals surface area contributed by atoms with Gasteiger partial charge >= 0.3 is 5.97 Å². The third kappa shape index (κ3) is 23.3. The molecule has 0 unspecified atom stereocenters. The van der Waals surface area contributed by atoms with Gasteiger partial charge in [0.05, 0.1) is 33.0 Å². The first-order valence-electron chi connectivity index (χ1n) is 11.1. The van der Waals surface area contributed by atoms with Crippen molar-refractivity contribution in [2.24, 2.45) is 5.92 Å².